The number of nitrogens with one attached hydrogen (secondary N) is 2. The van der Waals surface area contributed by atoms with E-state index in [-0.39, 0.29) is 18.9 Å². The Labute approximate surface area is 236 Å². The molecule has 0 aliphatic carbocycles. The van der Waals surface area contributed by atoms with E-state index in [9.17, 15) is 22.4 Å². The molecule has 41 heavy (non-hydrogen) atoms. The van der Waals surface area contributed by atoms with Crippen molar-refractivity contribution in [3.8, 4) is 11.1 Å². The van der Waals surface area contributed by atoms with Gasteiger partial charge in [-0.25, -0.2) is 17.5 Å². The van der Waals surface area contributed by atoms with Crippen molar-refractivity contribution in [1.82, 2.24) is 9.71 Å². The maximum Gasteiger partial charge on any atom is 0.259 e. The normalized spacial score (nSPS) is 13.3. The molecule has 0 unspecified atom stereocenters. The quantitative estimate of drug-likeness (QED) is 0.263. The number of amides is 2. The largest absolute Gasteiger partial charge is 0.369 e. The van der Waals surface area contributed by atoms with E-state index in [2.05, 4.69) is 9.71 Å². The van der Waals surface area contributed by atoms with Crippen LogP contribution in [0, 0.1) is 12.7 Å². The Morgan fingerprint density at radius 1 is 1.05 bits per heavy atom. The highest BCUT2D eigenvalue weighted by Gasteiger charge is 2.30. The van der Waals surface area contributed by atoms with Crippen LogP contribution in [-0.2, 0) is 34.3 Å². The monoisotopic (exact) mass is 570 g/mol. The minimum atomic E-state index is -3.36. The molecule has 0 radical (unpaired) electrons. The number of sulfonamides is 1. The summed E-state index contributed by atoms with van der Waals surface area (Å²) in [5, 5.41) is 1.79. The van der Waals surface area contributed by atoms with Crippen LogP contribution < -0.4 is 15.4 Å². The van der Waals surface area contributed by atoms with Crippen molar-refractivity contribution in [3.05, 3.63) is 100 Å². The third-order valence-corrected chi connectivity index (χ3v) is 8.24. The fourth-order valence-corrected chi connectivity index (χ4v) is 6.10. The van der Waals surface area contributed by atoms with Crippen molar-refractivity contribution in [2.75, 3.05) is 11.2 Å². The molecule has 0 saturated heterocycles. The van der Waals surface area contributed by atoms with Gasteiger partial charge in [0, 0.05) is 34.1 Å². The van der Waals surface area contributed by atoms with E-state index < -0.39 is 21.7 Å². The Morgan fingerprint density at radius 2 is 1.85 bits per heavy atom. The summed E-state index contributed by atoms with van der Waals surface area (Å²) in [4.78, 5) is 30.2. The lowest BCUT2D eigenvalue weighted by Gasteiger charge is -2.21. The van der Waals surface area contributed by atoms with Crippen LogP contribution in [0.2, 0.25) is 0 Å². The number of carbonyl (C=O) groups is 2. The standard InChI is InChI=1S/C31H27FN4O4S/c1-17-22(4-3-5-27(17)36-16-20-7-9-21(32)14-25(20)31(36)38)23-11-8-19(13-28(33)37)30-29(23)24-10-6-18(12-26(24)35-30)15-34-41(2,39)40/h3-12,14,34-35H,13,15-16H2,1-2H3,(H2,33,37). The molecule has 1 aromatic heterocycles. The third kappa shape index (κ3) is 4.85. The number of fused-ring (bicyclic) bond motifs is 4. The molecule has 4 N–H and O–H groups in total. The van der Waals surface area contributed by atoms with Gasteiger partial charge in [0.15, 0.2) is 0 Å². The van der Waals surface area contributed by atoms with Crippen LogP contribution in [0.15, 0.2) is 66.7 Å². The maximum absolute atomic E-state index is 13.9. The van der Waals surface area contributed by atoms with Crippen molar-refractivity contribution < 1.29 is 22.4 Å². The number of anilines is 1. The molecule has 0 bridgehead atoms. The van der Waals surface area contributed by atoms with E-state index in [0.717, 1.165) is 67.1 Å². The first kappa shape index (κ1) is 26.7. The van der Waals surface area contributed by atoms with Gasteiger partial charge in [0.05, 0.1) is 24.7 Å². The van der Waals surface area contributed by atoms with Crippen molar-refractivity contribution in [3.63, 3.8) is 0 Å². The summed E-state index contributed by atoms with van der Waals surface area (Å²) in [6, 6.07) is 19.5. The number of carbonyl (C=O) groups excluding carboxylic acids is 2. The predicted octanol–water partition coefficient (Wildman–Crippen LogP) is 4.67. The molecular formula is C31H27FN4O4S. The first-order chi connectivity index (χ1) is 19.5. The van der Waals surface area contributed by atoms with Gasteiger partial charge in [-0.1, -0.05) is 42.5 Å². The summed E-state index contributed by atoms with van der Waals surface area (Å²) in [5.74, 6) is -1.15. The Kier molecular flexibility index (Phi) is 6.39. The van der Waals surface area contributed by atoms with Gasteiger partial charge in [0.25, 0.3) is 5.91 Å². The number of rotatable bonds is 7. The highest BCUT2D eigenvalue weighted by Crippen LogP contribution is 2.41. The first-order valence-electron chi connectivity index (χ1n) is 13.0. The van der Waals surface area contributed by atoms with E-state index in [1.807, 2.05) is 55.5 Å². The Balaban J connectivity index is 1.50. The second-order valence-electron chi connectivity index (χ2n) is 10.4. The van der Waals surface area contributed by atoms with Crippen molar-refractivity contribution >= 4 is 49.3 Å². The van der Waals surface area contributed by atoms with Gasteiger partial charge in [-0.3, -0.25) is 9.59 Å². The van der Waals surface area contributed by atoms with Crippen LogP contribution in [0.1, 0.15) is 32.6 Å². The summed E-state index contributed by atoms with van der Waals surface area (Å²) < 4.78 is 39.6. The lowest BCUT2D eigenvalue weighted by atomic mass is 9.92. The second-order valence-corrected chi connectivity index (χ2v) is 12.2. The van der Waals surface area contributed by atoms with Crippen LogP contribution in [0.5, 0.6) is 0 Å². The van der Waals surface area contributed by atoms with E-state index >= 15 is 0 Å². The summed E-state index contributed by atoms with van der Waals surface area (Å²) in [7, 11) is -3.36. The van der Waals surface area contributed by atoms with Gasteiger partial charge in [0.1, 0.15) is 5.82 Å². The second kappa shape index (κ2) is 9.83. The number of H-pyrrole nitrogens is 1. The van der Waals surface area contributed by atoms with Crippen LogP contribution in [0.4, 0.5) is 10.1 Å². The summed E-state index contributed by atoms with van der Waals surface area (Å²) >= 11 is 0. The SMILES string of the molecule is Cc1c(-c2ccc(CC(N)=O)c3[nH]c4cc(CNS(C)(=O)=O)ccc4c23)cccc1N1Cc2ccc(F)cc2C1=O. The van der Waals surface area contributed by atoms with Gasteiger partial charge >= 0.3 is 0 Å². The van der Waals surface area contributed by atoms with E-state index in [0.29, 0.717) is 12.1 Å². The molecule has 5 aromatic rings. The lowest BCUT2D eigenvalue weighted by Crippen LogP contribution is -2.24. The number of primary amides is 1. The fourth-order valence-electron chi connectivity index (χ4n) is 5.68. The third-order valence-electron chi connectivity index (χ3n) is 7.57. The summed E-state index contributed by atoms with van der Waals surface area (Å²) in [6.45, 7) is 2.44. The Bertz CT molecular complexity index is 2020. The van der Waals surface area contributed by atoms with Crippen molar-refractivity contribution in [1.29, 1.82) is 0 Å². The number of benzene rings is 4. The lowest BCUT2D eigenvalue weighted by molar-refractivity contribution is -0.117. The molecule has 1 aliphatic heterocycles. The minimum absolute atomic E-state index is 0.0439. The average Bonchev–Trinajstić information content (AvgIpc) is 3.45. The van der Waals surface area contributed by atoms with Gasteiger partial charge in [-0.05, 0) is 64.6 Å². The van der Waals surface area contributed by atoms with Gasteiger partial charge < -0.3 is 15.6 Å². The average molecular weight is 571 g/mol. The molecular weight excluding hydrogens is 543 g/mol. The summed E-state index contributed by atoms with van der Waals surface area (Å²) in [5.41, 5.74) is 13.2. The molecule has 1 aliphatic rings. The zero-order chi connectivity index (χ0) is 29.1. The Hall–Kier alpha value is -4.54. The zero-order valence-corrected chi connectivity index (χ0v) is 23.2. The van der Waals surface area contributed by atoms with Crippen LogP contribution >= 0.6 is 0 Å². The summed E-state index contributed by atoms with van der Waals surface area (Å²) in [6.07, 6.45) is 1.15. The molecule has 2 heterocycles. The number of hydrogen-bond donors (Lipinski definition) is 3. The molecule has 4 aromatic carbocycles. The molecule has 6 rings (SSSR count). The van der Waals surface area contributed by atoms with E-state index in [1.165, 1.54) is 12.1 Å². The highest BCUT2D eigenvalue weighted by molar-refractivity contribution is 7.88. The van der Waals surface area contributed by atoms with Gasteiger partial charge in [-0.15, -0.1) is 0 Å². The number of nitrogens with two attached hydrogens (primary N) is 1. The predicted molar refractivity (Wildman–Crippen MR) is 157 cm³/mol. The van der Waals surface area contributed by atoms with Crippen molar-refractivity contribution in [2.45, 2.75) is 26.4 Å². The molecule has 0 fully saturated rings. The van der Waals surface area contributed by atoms with Crippen LogP contribution in [-0.4, -0.2) is 31.5 Å². The van der Waals surface area contributed by atoms with Crippen LogP contribution in [0.25, 0.3) is 32.9 Å². The van der Waals surface area contributed by atoms with Gasteiger partial charge in [-0.2, -0.15) is 0 Å². The molecule has 8 nitrogen and oxygen atoms in total. The molecule has 0 saturated carbocycles. The molecule has 0 atom stereocenters. The minimum Gasteiger partial charge on any atom is -0.369 e. The van der Waals surface area contributed by atoms with Crippen molar-refractivity contribution in [2.24, 2.45) is 5.73 Å². The number of aromatic nitrogens is 1. The molecule has 208 valence electrons. The smallest absolute Gasteiger partial charge is 0.259 e. The van der Waals surface area contributed by atoms with Gasteiger partial charge in [0.2, 0.25) is 15.9 Å². The highest BCUT2D eigenvalue weighted by atomic mass is 32.2. The molecule has 0 spiro atoms. The number of aromatic amines is 1. The fraction of sp³-hybridized carbons (Fsp3) is 0.161. The number of hydrogen-bond acceptors (Lipinski definition) is 4. The van der Waals surface area contributed by atoms with Crippen LogP contribution in [0.3, 0.4) is 0 Å². The molecule has 10 heteroatoms. The first-order valence-corrected chi connectivity index (χ1v) is 14.9. The molecule has 2 amide bonds. The Morgan fingerprint density at radius 3 is 2.61 bits per heavy atom. The zero-order valence-electron chi connectivity index (χ0n) is 22.4. The topological polar surface area (TPSA) is 125 Å². The maximum atomic E-state index is 13.9. The number of halogens is 1. The van der Waals surface area contributed by atoms with E-state index in [1.54, 1.807) is 11.0 Å². The van der Waals surface area contributed by atoms with E-state index in [4.69, 9.17) is 5.73 Å². The number of nitrogens with zero attached hydrogens (tertiary/aromatic N) is 1.